The summed E-state index contributed by atoms with van der Waals surface area (Å²) in [5.74, 6) is 0.914. The second kappa shape index (κ2) is 8.57. The van der Waals surface area contributed by atoms with Gasteiger partial charge in [-0.05, 0) is 31.7 Å². The Kier molecular flexibility index (Phi) is 7.45. The van der Waals surface area contributed by atoms with Crippen molar-refractivity contribution in [2.24, 2.45) is 11.7 Å². The summed E-state index contributed by atoms with van der Waals surface area (Å²) in [7, 11) is 1.83. The van der Waals surface area contributed by atoms with E-state index in [2.05, 4.69) is 18.7 Å². The third-order valence-corrected chi connectivity index (χ3v) is 3.99. The zero-order valence-electron chi connectivity index (χ0n) is 13.1. The predicted octanol–water partition coefficient (Wildman–Crippen LogP) is 2.02. The lowest BCUT2D eigenvalue weighted by Crippen LogP contribution is -2.35. The summed E-state index contributed by atoms with van der Waals surface area (Å²) in [6.45, 7) is 7.13. The standard InChI is InChI=1S/C15H29N3OS/c1-12(2)6-10-18(13-4-5-13)11-8-15(19)17(3)9-7-14(16)20/h12-13H,4-11H2,1-3H3,(H2,16,20). The molecule has 1 rings (SSSR count). The van der Waals surface area contributed by atoms with Crippen molar-refractivity contribution in [3.05, 3.63) is 0 Å². The quantitative estimate of drug-likeness (QED) is 0.627. The van der Waals surface area contributed by atoms with Crippen LogP contribution in [0.2, 0.25) is 0 Å². The molecule has 0 unspecified atom stereocenters. The van der Waals surface area contributed by atoms with E-state index in [1.807, 2.05) is 7.05 Å². The van der Waals surface area contributed by atoms with Gasteiger partial charge in [0.15, 0.2) is 0 Å². The van der Waals surface area contributed by atoms with Crippen molar-refractivity contribution >= 4 is 23.1 Å². The second-order valence-electron chi connectivity index (χ2n) is 6.23. The molecule has 0 bridgehead atoms. The van der Waals surface area contributed by atoms with Crippen molar-refractivity contribution in [3.8, 4) is 0 Å². The molecule has 0 saturated heterocycles. The van der Waals surface area contributed by atoms with Crippen LogP contribution in [0, 0.1) is 5.92 Å². The van der Waals surface area contributed by atoms with Crippen LogP contribution in [-0.2, 0) is 4.79 Å². The van der Waals surface area contributed by atoms with Gasteiger partial charge in [0.05, 0.1) is 4.99 Å². The van der Waals surface area contributed by atoms with Crippen LogP contribution in [-0.4, -0.2) is 53.4 Å². The summed E-state index contributed by atoms with van der Waals surface area (Å²) < 4.78 is 0. The van der Waals surface area contributed by atoms with Crippen molar-refractivity contribution in [1.82, 2.24) is 9.80 Å². The lowest BCUT2D eigenvalue weighted by molar-refractivity contribution is -0.130. The molecule has 1 amide bonds. The number of rotatable bonds is 10. The van der Waals surface area contributed by atoms with Gasteiger partial charge in [0.2, 0.25) is 5.91 Å². The van der Waals surface area contributed by atoms with Crippen molar-refractivity contribution in [2.75, 3.05) is 26.7 Å². The highest BCUT2D eigenvalue weighted by molar-refractivity contribution is 7.80. The minimum Gasteiger partial charge on any atom is -0.393 e. The van der Waals surface area contributed by atoms with Crippen molar-refractivity contribution in [3.63, 3.8) is 0 Å². The molecule has 20 heavy (non-hydrogen) atoms. The number of nitrogens with two attached hydrogens (primary N) is 1. The lowest BCUT2D eigenvalue weighted by atomic mass is 10.1. The Morgan fingerprint density at radius 3 is 2.40 bits per heavy atom. The predicted molar refractivity (Wildman–Crippen MR) is 87.7 cm³/mol. The highest BCUT2D eigenvalue weighted by atomic mass is 32.1. The van der Waals surface area contributed by atoms with E-state index in [1.165, 1.54) is 19.3 Å². The van der Waals surface area contributed by atoms with Crippen LogP contribution >= 0.6 is 12.2 Å². The molecular weight excluding hydrogens is 270 g/mol. The first kappa shape index (κ1) is 17.4. The van der Waals surface area contributed by atoms with E-state index < -0.39 is 0 Å². The van der Waals surface area contributed by atoms with Crippen LogP contribution in [0.4, 0.5) is 0 Å². The van der Waals surface area contributed by atoms with Gasteiger partial charge in [-0.25, -0.2) is 0 Å². The van der Waals surface area contributed by atoms with Crippen molar-refractivity contribution < 1.29 is 4.79 Å². The van der Waals surface area contributed by atoms with Crippen LogP contribution in [0.15, 0.2) is 0 Å². The average Bonchev–Trinajstić information content (AvgIpc) is 3.19. The SMILES string of the molecule is CC(C)CCN(CCC(=O)N(C)CCC(N)=S)C1CC1. The van der Waals surface area contributed by atoms with E-state index in [-0.39, 0.29) is 5.91 Å². The topological polar surface area (TPSA) is 49.6 Å². The Balaban J connectivity index is 2.27. The average molecular weight is 299 g/mol. The summed E-state index contributed by atoms with van der Waals surface area (Å²) in [6.07, 6.45) is 5.01. The van der Waals surface area contributed by atoms with E-state index in [0.717, 1.165) is 25.0 Å². The number of thiocarbonyl (C=S) groups is 1. The van der Waals surface area contributed by atoms with E-state index in [9.17, 15) is 4.79 Å². The molecule has 5 heteroatoms. The molecule has 0 atom stereocenters. The minimum atomic E-state index is 0.191. The molecular formula is C15H29N3OS. The minimum absolute atomic E-state index is 0.191. The summed E-state index contributed by atoms with van der Waals surface area (Å²) in [6, 6.07) is 0.725. The number of hydrogen-bond acceptors (Lipinski definition) is 3. The van der Waals surface area contributed by atoms with Gasteiger partial charge in [0, 0.05) is 39.0 Å². The van der Waals surface area contributed by atoms with Crippen LogP contribution in [0.25, 0.3) is 0 Å². The van der Waals surface area contributed by atoms with Gasteiger partial charge in [-0.1, -0.05) is 26.1 Å². The Morgan fingerprint density at radius 1 is 1.25 bits per heavy atom. The molecule has 2 N–H and O–H groups in total. The van der Waals surface area contributed by atoms with E-state index in [0.29, 0.717) is 24.4 Å². The molecule has 0 heterocycles. The fraction of sp³-hybridized carbons (Fsp3) is 0.867. The van der Waals surface area contributed by atoms with Gasteiger partial charge in [0.1, 0.15) is 0 Å². The van der Waals surface area contributed by atoms with Gasteiger partial charge in [-0.15, -0.1) is 0 Å². The number of carbonyl (C=O) groups excluding carboxylic acids is 1. The van der Waals surface area contributed by atoms with Crippen LogP contribution in [0.1, 0.15) is 46.0 Å². The van der Waals surface area contributed by atoms with Gasteiger partial charge in [-0.3, -0.25) is 9.69 Å². The number of hydrogen-bond donors (Lipinski definition) is 1. The largest absolute Gasteiger partial charge is 0.393 e. The van der Waals surface area contributed by atoms with Gasteiger partial charge in [0.25, 0.3) is 0 Å². The van der Waals surface area contributed by atoms with E-state index >= 15 is 0 Å². The summed E-state index contributed by atoms with van der Waals surface area (Å²) in [5, 5.41) is 0. The number of amides is 1. The maximum absolute atomic E-state index is 12.1. The highest BCUT2D eigenvalue weighted by Crippen LogP contribution is 2.27. The van der Waals surface area contributed by atoms with Crippen LogP contribution in [0.3, 0.4) is 0 Å². The smallest absolute Gasteiger partial charge is 0.223 e. The summed E-state index contributed by atoms with van der Waals surface area (Å²) in [5.41, 5.74) is 5.46. The highest BCUT2D eigenvalue weighted by Gasteiger charge is 2.29. The molecule has 0 aliphatic heterocycles. The molecule has 116 valence electrons. The molecule has 1 aliphatic carbocycles. The normalized spacial score (nSPS) is 14.8. The van der Waals surface area contributed by atoms with Gasteiger partial charge in [-0.2, -0.15) is 0 Å². The van der Waals surface area contributed by atoms with Crippen molar-refractivity contribution in [2.45, 2.75) is 52.0 Å². The fourth-order valence-corrected chi connectivity index (χ4v) is 2.26. The molecule has 0 spiro atoms. The molecule has 0 radical (unpaired) electrons. The van der Waals surface area contributed by atoms with Crippen molar-refractivity contribution in [1.29, 1.82) is 0 Å². The zero-order chi connectivity index (χ0) is 15.1. The lowest BCUT2D eigenvalue weighted by Gasteiger charge is -2.24. The molecule has 0 aromatic rings. The summed E-state index contributed by atoms with van der Waals surface area (Å²) >= 11 is 4.84. The molecule has 1 saturated carbocycles. The number of carbonyl (C=O) groups is 1. The Bertz CT molecular complexity index is 329. The first-order chi connectivity index (χ1) is 9.40. The van der Waals surface area contributed by atoms with Gasteiger partial charge >= 0.3 is 0 Å². The van der Waals surface area contributed by atoms with Crippen LogP contribution < -0.4 is 5.73 Å². The molecule has 0 aromatic carbocycles. The third kappa shape index (κ3) is 7.20. The fourth-order valence-electron chi connectivity index (χ4n) is 2.17. The molecule has 1 fully saturated rings. The van der Waals surface area contributed by atoms with Gasteiger partial charge < -0.3 is 10.6 Å². The Morgan fingerprint density at radius 2 is 1.90 bits per heavy atom. The first-order valence-electron chi connectivity index (χ1n) is 7.66. The summed E-state index contributed by atoms with van der Waals surface area (Å²) in [4.78, 5) is 16.8. The Hall–Kier alpha value is -0.680. The maximum Gasteiger partial charge on any atom is 0.223 e. The van der Waals surface area contributed by atoms with E-state index in [1.54, 1.807) is 4.90 Å². The zero-order valence-corrected chi connectivity index (χ0v) is 13.9. The third-order valence-electron chi connectivity index (χ3n) is 3.79. The monoisotopic (exact) mass is 299 g/mol. The Labute approximate surface area is 128 Å². The van der Waals surface area contributed by atoms with Crippen LogP contribution in [0.5, 0.6) is 0 Å². The molecule has 1 aliphatic rings. The second-order valence-corrected chi connectivity index (χ2v) is 6.76. The van der Waals surface area contributed by atoms with E-state index in [4.69, 9.17) is 18.0 Å². The maximum atomic E-state index is 12.1. The number of nitrogens with zero attached hydrogens (tertiary/aromatic N) is 2. The first-order valence-corrected chi connectivity index (χ1v) is 8.07. The molecule has 0 aromatic heterocycles. The molecule has 4 nitrogen and oxygen atoms in total.